The minimum atomic E-state index is -0.546. The Kier molecular flexibility index (Phi) is 6.64. The summed E-state index contributed by atoms with van der Waals surface area (Å²) in [5.41, 5.74) is 5.85. The van der Waals surface area contributed by atoms with Crippen LogP contribution in [0.1, 0.15) is 27.0 Å². The third-order valence-corrected chi connectivity index (χ3v) is 5.81. The van der Waals surface area contributed by atoms with E-state index in [1.807, 2.05) is 49.4 Å². The van der Waals surface area contributed by atoms with Crippen molar-refractivity contribution in [3.8, 4) is 0 Å². The first-order chi connectivity index (χ1) is 16.8. The van der Waals surface area contributed by atoms with Crippen LogP contribution in [0.15, 0.2) is 60.8 Å². The molecular weight excluding hydrogens is 442 g/mol. The van der Waals surface area contributed by atoms with E-state index in [0.717, 1.165) is 28.1 Å². The monoisotopic (exact) mass is 469 g/mol. The number of hydrogen-bond donors (Lipinski definition) is 3. The molecule has 1 aliphatic rings. The molecule has 0 radical (unpaired) electrons. The first-order valence-electron chi connectivity index (χ1n) is 11.2. The molecule has 8 nitrogen and oxygen atoms in total. The van der Waals surface area contributed by atoms with Crippen LogP contribution in [0.5, 0.6) is 0 Å². The van der Waals surface area contributed by atoms with E-state index >= 15 is 0 Å². The molecule has 3 aromatic rings. The Morgan fingerprint density at radius 1 is 0.971 bits per heavy atom. The first-order valence-corrected chi connectivity index (χ1v) is 11.2. The lowest BCUT2D eigenvalue weighted by Gasteiger charge is -2.15. The maximum absolute atomic E-state index is 12.6. The van der Waals surface area contributed by atoms with Gasteiger partial charge in [-0.3, -0.25) is 14.4 Å². The van der Waals surface area contributed by atoms with Gasteiger partial charge in [-0.25, -0.2) is 4.98 Å². The van der Waals surface area contributed by atoms with Gasteiger partial charge in [0.2, 0.25) is 0 Å². The van der Waals surface area contributed by atoms with Gasteiger partial charge in [0, 0.05) is 50.4 Å². The van der Waals surface area contributed by atoms with Gasteiger partial charge in [-0.2, -0.15) is 0 Å². The average molecular weight is 470 g/mol. The number of aryl methyl sites for hydroxylation is 1. The number of nitrogens with one attached hydrogen (secondary N) is 3. The third kappa shape index (κ3) is 4.91. The highest BCUT2D eigenvalue weighted by molar-refractivity contribution is 6.53. The molecule has 178 valence electrons. The van der Waals surface area contributed by atoms with Crippen LogP contribution in [0.3, 0.4) is 0 Å². The zero-order valence-corrected chi connectivity index (χ0v) is 20.1. The van der Waals surface area contributed by atoms with Crippen molar-refractivity contribution in [2.24, 2.45) is 0 Å². The number of fused-ring (bicyclic) bond motifs is 1. The molecule has 0 bridgehead atoms. The van der Waals surface area contributed by atoms with Gasteiger partial charge < -0.3 is 20.9 Å². The van der Waals surface area contributed by atoms with Crippen molar-refractivity contribution in [3.05, 3.63) is 83.1 Å². The molecule has 2 amide bonds. The van der Waals surface area contributed by atoms with Crippen molar-refractivity contribution in [3.63, 3.8) is 0 Å². The van der Waals surface area contributed by atoms with Gasteiger partial charge in [0.05, 0.1) is 11.3 Å². The molecule has 0 fully saturated rings. The zero-order chi connectivity index (χ0) is 25.1. The number of benzene rings is 2. The van der Waals surface area contributed by atoms with Crippen LogP contribution in [-0.2, 0) is 16.0 Å². The van der Waals surface area contributed by atoms with Crippen molar-refractivity contribution in [1.82, 2.24) is 15.2 Å². The van der Waals surface area contributed by atoms with E-state index in [2.05, 4.69) is 20.9 Å². The van der Waals surface area contributed by atoms with E-state index in [9.17, 15) is 14.4 Å². The van der Waals surface area contributed by atoms with Gasteiger partial charge in [-0.1, -0.05) is 24.3 Å². The van der Waals surface area contributed by atoms with Crippen molar-refractivity contribution in [2.45, 2.75) is 13.3 Å². The van der Waals surface area contributed by atoms with Crippen LogP contribution >= 0.6 is 0 Å². The molecule has 0 saturated heterocycles. The number of hydrogen-bond acceptors (Lipinski definition) is 6. The lowest BCUT2D eigenvalue weighted by Crippen LogP contribution is -2.30. The van der Waals surface area contributed by atoms with E-state index in [1.54, 1.807) is 39.5 Å². The average Bonchev–Trinajstić information content (AvgIpc) is 3.28. The highest BCUT2D eigenvalue weighted by Crippen LogP contribution is 2.32. The SMILES string of the molecule is CNC(=O)c1ccccc1Nc1cc(Nc2ccc3c(c2)C(C(=O)C(=O)N(C)C)=CC3)ncc1C. The second kappa shape index (κ2) is 9.80. The normalized spacial score (nSPS) is 11.8. The largest absolute Gasteiger partial charge is 0.355 e. The summed E-state index contributed by atoms with van der Waals surface area (Å²) < 4.78 is 0. The fourth-order valence-corrected chi connectivity index (χ4v) is 3.88. The molecular formula is C27H27N5O3. The van der Waals surface area contributed by atoms with Crippen molar-refractivity contribution in [2.75, 3.05) is 31.8 Å². The van der Waals surface area contributed by atoms with E-state index in [0.29, 0.717) is 29.1 Å². The molecule has 0 saturated carbocycles. The van der Waals surface area contributed by atoms with Gasteiger partial charge in [0.1, 0.15) is 5.82 Å². The second-order valence-electron chi connectivity index (χ2n) is 8.48. The number of anilines is 4. The molecule has 35 heavy (non-hydrogen) atoms. The molecule has 1 heterocycles. The Hall–Kier alpha value is -4.46. The summed E-state index contributed by atoms with van der Waals surface area (Å²) in [4.78, 5) is 42.8. The van der Waals surface area contributed by atoms with Gasteiger partial charge in [-0.15, -0.1) is 0 Å². The number of allylic oxidation sites excluding steroid dienone is 1. The highest BCUT2D eigenvalue weighted by Gasteiger charge is 2.26. The fourth-order valence-electron chi connectivity index (χ4n) is 3.88. The Morgan fingerprint density at radius 2 is 1.74 bits per heavy atom. The summed E-state index contributed by atoms with van der Waals surface area (Å²) in [6, 6.07) is 14.9. The zero-order valence-electron chi connectivity index (χ0n) is 20.1. The first kappa shape index (κ1) is 23.7. The summed E-state index contributed by atoms with van der Waals surface area (Å²) >= 11 is 0. The fraction of sp³-hybridized carbons (Fsp3) is 0.185. The predicted molar refractivity (Wildman–Crippen MR) is 137 cm³/mol. The molecule has 8 heteroatoms. The van der Waals surface area contributed by atoms with Crippen LogP contribution in [0.4, 0.5) is 22.9 Å². The number of Topliss-reactive ketones (excluding diaryl/α,β-unsaturated/α-hetero) is 1. The van der Waals surface area contributed by atoms with Gasteiger partial charge in [0.25, 0.3) is 17.6 Å². The van der Waals surface area contributed by atoms with Crippen LogP contribution in [0.25, 0.3) is 5.57 Å². The molecule has 0 spiro atoms. The number of ketones is 1. The van der Waals surface area contributed by atoms with Crippen LogP contribution in [0, 0.1) is 6.92 Å². The minimum Gasteiger partial charge on any atom is -0.355 e. The minimum absolute atomic E-state index is 0.178. The van der Waals surface area contributed by atoms with Crippen molar-refractivity contribution >= 4 is 46.1 Å². The van der Waals surface area contributed by atoms with E-state index in [1.165, 1.54) is 4.90 Å². The number of carbonyl (C=O) groups is 3. The third-order valence-electron chi connectivity index (χ3n) is 5.81. The molecule has 4 rings (SSSR count). The van der Waals surface area contributed by atoms with Gasteiger partial charge in [-0.05, 0) is 54.3 Å². The molecule has 1 aliphatic carbocycles. The summed E-state index contributed by atoms with van der Waals surface area (Å²) in [7, 11) is 4.73. The number of likely N-dealkylation sites (N-methyl/N-ethyl adjacent to an activating group) is 1. The molecule has 1 aromatic heterocycles. The van der Waals surface area contributed by atoms with Crippen LogP contribution in [-0.4, -0.2) is 48.6 Å². The summed E-state index contributed by atoms with van der Waals surface area (Å²) in [5.74, 6) is -0.645. The molecule has 0 unspecified atom stereocenters. The van der Waals surface area contributed by atoms with E-state index in [-0.39, 0.29) is 5.91 Å². The summed E-state index contributed by atoms with van der Waals surface area (Å²) in [6.07, 6.45) is 4.15. The van der Waals surface area contributed by atoms with Crippen LogP contribution < -0.4 is 16.0 Å². The Balaban J connectivity index is 1.58. The van der Waals surface area contributed by atoms with Crippen molar-refractivity contribution in [1.29, 1.82) is 0 Å². The van der Waals surface area contributed by atoms with E-state index in [4.69, 9.17) is 0 Å². The van der Waals surface area contributed by atoms with Crippen molar-refractivity contribution < 1.29 is 14.4 Å². The molecule has 3 N–H and O–H groups in total. The number of rotatable bonds is 7. The lowest BCUT2D eigenvalue weighted by atomic mass is 10.0. The summed E-state index contributed by atoms with van der Waals surface area (Å²) in [5, 5.41) is 9.27. The Morgan fingerprint density at radius 3 is 2.49 bits per heavy atom. The second-order valence-corrected chi connectivity index (χ2v) is 8.48. The number of aromatic nitrogens is 1. The predicted octanol–water partition coefficient (Wildman–Crippen LogP) is 3.83. The highest BCUT2D eigenvalue weighted by atomic mass is 16.2. The Labute approximate surface area is 204 Å². The molecule has 0 atom stereocenters. The number of nitrogens with zero attached hydrogens (tertiary/aromatic N) is 2. The smallest absolute Gasteiger partial charge is 0.294 e. The number of pyridine rings is 1. The maximum atomic E-state index is 12.6. The Bertz CT molecular complexity index is 1360. The lowest BCUT2D eigenvalue weighted by molar-refractivity contribution is -0.139. The molecule has 0 aliphatic heterocycles. The number of carbonyl (C=O) groups excluding carboxylic acids is 3. The number of amides is 2. The van der Waals surface area contributed by atoms with Gasteiger partial charge >= 0.3 is 0 Å². The van der Waals surface area contributed by atoms with Crippen LogP contribution in [0.2, 0.25) is 0 Å². The maximum Gasteiger partial charge on any atom is 0.294 e. The molecule has 2 aromatic carbocycles. The standard InChI is InChI=1S/C27H27N5O3/c1-16-15-29-24(14-23(16)31-22-8-6-5-7-20(22)26(34)28-2)30-18-11-9-17-10-12-19(21(17)13-18)25(33)27(35)32(3)4/h5-9,11-15H,10H2,1-4H3,(H,28,34)(H2,29,30,31). The quantitative estimate of drug-likeness (QED) is 0.455. The van der Waals surface area contributed by atoms with Gasteiger partial charge in [0.15, 0.2) is 0 Å². The summed E-state index contributed by atoms with van der Waals surface area (Å²) in [6.45, 7) is 1.93. The number of para-hydroxylation sites is 1. The van der Waals surface area contributed by atoms with E-state index < -0.39 is 11.7 Å². The topological polar surface area (TPSA) is 103 Å².